The highest BCUT2D eigenvalue weighted by molar-refractivity contribution is 5.81. The van der Waals surface area contributed by atoms with Crippen LogP contribution in [0.2, 0.25) is 0 Å². The maximum Gasteiger partial charge on any atom is 0.263 e. The number of H-pyrrole nitrogens is 1. The second kappa shape index (κ2) is 9.07. The number of nitrogens with one attached hydrogen (secondary N) is 1. The van der Waals surface area contributed by atoms with E-state index in [4.69, 9.17) is 4.74 Å². The van der Waals surface area contributed by atoms with Crippen LogP contribution in [-0.4, -0.2) is 45.0 Å². The molecule has 0 bridgehead atoms. The Balaban J connectivity index is 1.49. The number of likely N-dealkylation sites (tertiary alicyclic amines) is 1. The van der Waals surface area contributed by atoms with Gasteiger partial charge in [-0.1, -0.05) is 25.1 Å². The maximum atomic E-state index is 13.9. The molecular formula is C23H23FN4O3. The van der Waals surface area contributed by atoms with Crippen LogP contribution in [0.5, 0.6) is 5.75 Å². The molecule has 2 atom stereocenters. The monoisotopic (exact) mass is 422 g/mol. The van der Waals surface area contributed by atoms with Gasteiger partial charge in [0.2, 0.25) is 0 Å². The molecule has 1 fully saturated rings. The highest BCUT2D eigenvalue weighted by atomic mass is 19.1. The Morgan fingerprint density at radius 2 is 2.10 bits per heavy atom. The van der Waals surface area contributed by atoms with Gasteiger partial charge in [0.15, 0.2) is 23.5 Å². The van der Waals surface area contributed by atoms with Crippen LogP contribution >= 0.6 is 0 Å². The topological polar surface area (TPSA) is 88.2 Å². The highest BCUT2D eigenvalue weighted by Gasteiger charge is 2.33. The normalized spacial score (nSPS) is 16.8. The predicted octanol–water partition coefficient (Wildman–Crippen LogP) is 3.14. The maximum absolute atomic E-state index is 13.9. The third-order valence-corrected chi connectivity index (χ3v) is 5.34. The first-order valence-electron chi connectivity index (χ1n) is 10.3. The lowest BCUT2D eigenvalue weighted by atomic mass is 10.0. The van der Waals surface area contributed by atoms with Gasteiger partial charge >= 0.3 is 0 Å². The summed E-state index contributed by atoms with van der Waals surface area (Å²) in [6, 6.07) is 12.9. The van der Waals surface area contributed by atoms with Crippen molar-refractivity contribution in [1.82, 2.24) is 19.9 Å². The Labute approximate surface area is 178 Å². The number of ether oxygens (including phenoxy) is 1. The van der Waals surface area contributed by atoms with Crippen molar-refractivity contribution in [2.75, 3.05) is 13.1 Å². The van der Waals surface area contributed by atoms with Gasteiger partial charge in [0.25, 0.3) is 11.5 Å². The third-order valence-electron chi connectivity index (χ3n) is 5.34. The number of aromatic amines is 1. The van der Waals surface area contributed by atoms with E-state index in [9.17, 15) is 14.0 Å². The number of benzene rings is 1. The average molecular weight is 422 g/mol. The fourth-order valence-corrected chi connectivity index (χ4v) is 3.72. The van der Waals surface area contributed by atoms with E-state index in [1.165, 1.54) is 18.2 Å². The Morgan fingerprint density at radius 1 is 1.29 bits per heavy atom. The second-order valence-electron chi connectivity index (χ2n) is 7.45. The summed E-state index contributed by atoms with van der Waals surface area (Å²) in [7, 11) is 0. The van der Waals surface area contributed by atoms with Crippen LogP contribution in [-0.2, 0) is 4.79 Å². The number of carbonyl (C=O) groups excluding carboxylic acids is 1. The minimum Gasteiger partial charge on any atom is -0.478 e. The molecule has 1 saturated heterocycles. The Bertz CT molecular complexity index is 1120. The molecule has 3 aromatic rings. The molecule has 2 aromatic heterocycles. The summed E-state index contributed by atoms with van der Waals surface area (Å²) in [4.78, 5) is 38.4. The van der Waals surface area contributed by atoms with Gasteiger partial charge in [0.1, 0.15) is 5.69 Å². The lowest BCUT2D eigenvalue weighted by Gasteiger charge is -2.23. The number of hydrogen-bond acceptors (Lipinski definition) is 5. The number of halogens is 1. The largest absolute Gasteiger partial charge is 0.478 e. The van der Waals surface area contributed by atoms with Gasteiger partial charge in [0.05, 0.1) is 5.69 Å². The molecule has 8 heteroatoms. The molecule has 2 unspecified atom stereocenters. The Hall–Kier alpha value is -3.55. The summed E-state index contributed by atoms with van der Waals surface area (Å²) in [5.41, 5.74) is 0.948. The van der Waals surface area contributed by atoms with E-state index in [1.807, 2.05) is 13.0 Å². The molecule has 0 saturated carbocycles. The molecule has 160 valence electrons. The summed E-state index contributed by atoms with van der Waals surface area (Å²) >= 11 is 0. The third kappa shape index (κ3) is 4.63. The number of nitrogens with zero attached hydrogens (tertiary/aromatic N) is 3. The highest BCUT2D eigenvalue weighted by Crippen LogP contribution is 2.28. The SMILES string of the molecule is CCC(Oc1ccccc1F)C(=O)N1CCC(c2cc(=O)[nH]c(-c3ccccn3)n2)C1. The van der Waals surface area contributed by atoms with Crippen molar-refractivity contribution in [1.29, 1.82) is 0 Å². The van der Waals surface area contributed by atoms with Crippen LogP contribution in [0.4, 0.5) is 4.39 Å². The van der Waals surface area contributed by atoms with Crippen LogP contribution in [0.3, 0.4) is 0 Å². The molecular weight excluding hydrogens is 399 g/mol. The number of para-hydroxylation sites is 1. The Morgan fingerprint density at radius 3 is 2.84 bits per heavy atom. The summed E-state index contributed by atoms with van der Waals surface area (Å²) in [5.74, 6) is -0.289. The summed E-state index contributed by atoms with van der Waals surface area (Å²) in [5, 5.41) is 0. The van der Waals surface area contributed by atoms with Gasteiger partial charge in [-0.3, -0.25) is 14.6 Å². The lowest BCUT2D eigenvalue weighted by Crippen LogP contribution is -2.40. The van der Waals surface area contributed by atoms with Crippen molar-refractivity contribution in [2.45, 2.75) is 31.8 Å². The molecule has 1 aliphatic rings. The average Bonchev–Trinajstić information content (AvgIpc) is 3.29. The molecule has 1 aliphatic heterocycles. The van der Waals surface area contributed by atoms with Crippen molar-refractivity contribution in [3.8, 4) is 17.3 Å². The fraction of sp³-hybridized carbons (Fsp3) is 0.304. The molecule has 1 N–H and O–H groups in total. The van der Waals surface area contributed by atoms with Gasteiger partial charge in [-0.25, -0.2) is 9.37 Å². The van der Waals surface area contributed by atoms with E-state index >= 15 is 0 Å². The molecule has 0 aliphatic carbocycles. The van der Waals surface area contributed by atoms with Crippen LogP contribution < -0.4 is 10.3 Å². The van der Waals surface area contributed by atoms with Gasteiger partial charge in [-0.05, 0) is 37.1 Å². The smallest absolute Gasteiger partial charge is 0.263 e. The zero-order valence-corrected chi connectivity index (χ0v) is 17.1. The zero-order valence-electron chi connectivity index (χ0n) is 17.1. The number of rotatable bonds is 6. The van der Waals surface area contributed by atoms with E-state index < -0.39 is 11.9 Å². The fourth-order valence-electron chi connectivity index (χ4n) is 3.72. The quantitative estimate of drug-likeness (QED) is 0.659. The van der Waals surface area contributed by atoms with Gasteiger partial charge in [-0.2, -0.15) is 0 Å². The van der Waals surface area contributed by atoms with Crippen molar-refractivity contribution < 1.29 is 13.9 Å². The zero-order chi connectivity index (χ0) is 21.8. The lowest BCUT2D eigenvalue weighted by molar-refractivity contribution is -0.137. The number of hydrogen-bond donors (Lipinski definition) is 1. The van der Waals surface area contributed by atoms with Crippen LogP contribution in [0.15, 0.2) is 59.5 Å². The van der Waals surface area contributed by atoms with Crippen LogP contribution in [0.1, 0.15) is 31.4 Å². The predicted molar refractivity (Wildman–Crippen MR) is 113 cm³/mol. The minimum absolute atomic E-state index is 0.0645. The molecule has 0 spiro atoms. The van der Waals surface area contributed by atoms with Gasteiger partial charge in [0, 0.05) is 31.3 Å². The number of amides is 1. The Kier molecular flexibility index (Phi) is 6.06. The first-order chi connectivity index (χ1) is 15.0. The molecule has 7 nitrogen and oxygen atoms in total. The summed E-state index contributed by atoms with van der Waals surface area (Å²) in [6.07, 6.45) is 1.96. The first-order valence-corrected chi connectivity index (χ1v) is 10.3. The van der Waals surface area contributed by atoms with E-state index in [0.717, 1.165) is 0 Å². The summed E-state index contributed by atoms with van der Waals surface area (Å²) in [6.45, 7) is 2.77. The van der Waals surface area contributed by atoms with Crippen molar-refractivity contribution in [3.63, 3.8) is 0 Å². The van der Waals surface area contributed by atoms with Crippen LogP contribution in [0, 0.1) is 5.82 Å². The standard InChI is InChI=1S/C23H23FN4O3/c1-2-19(31-20-9-4-3-7-16(20)24)23(30)28-12-10-15(14-28)18-13-21(29)27-22(26-18)17-8-5-6-11-25-17/h3-9,11,13,15,19H,2,10,12,14H2,1H3,(H,26,27,29). The molecule has 1 amide bonds. The molecule has 31 heavy (non-hydrogen) atoms. The minimum atomic E-state index is -0.771. The van der Waals surface area contributed by atoms with E-state index in [-0.39, 0.29) is 23.1 Å². The van der Waals surface area contributed by atoms with Crippen molar-refractivity contribution >= 4 is 5.91 Å². The van der Waals surface area contributed by atoms with E-state index in [1.54, 1.807) is 35.4 Å². The first kappa shape index (κ1) is 20.7. The van der Waals surface area contributed by atoms with E-state index in [2.05, 4.69) is 15.0 Å². The molecule has 0 radical (unpaired) electrons. The van der Waals surface area contributed by atoms with E-state index in [0.29, 0.717) is 43.1 Å². The number of carbonyl (C=O) groups is 1. The molecule has 4 rings (SSSR count). The summed E-state index contributed by atoms with van der Waals surface area (Å²) < 4.78 is 19.6. The molecule has 1 aromatic carbocycles. The van der Waals surface area contributed by atoms with Crippen molar-refractivity contribution in [2.24, 2.45) is 0 Å². The number of aromatic nitrogens is 3. The van der Waals surface area contributed by atoms with Crippen LogP contribution in [0.25, 0.3) is 11.5 Å². The van der Waals surface area contributed by atoms with Gasteiger partial charge < -0.3 is 14.6 Å². The van der Waals surface area contributed by atoms with Crippen molar-refractivity contribution in [3.05, 3.63) is 76.6 Å². The number of pyridine rings is 1. The molecule has 3 heterocycles. The second-order valence-corrected chi connectivity index (χ2v) is 7.45. The van der Waals surface area contributed by atoms with Gasteiger partial charge in [-0.15, -0.1) is 0 Å².